The van der Waals surface area contributed by atoms with Gasteiger partial charge in [-0.3, -0.25) is 10.1 Å². The zero-order chi connectivity index (χ0) is 19.4. The number of rotatable bonds is 7. The summed E-state index contributed by atoms with van der Waals surface area (Å²) in [4.78, 5) is 12.8. The molecule has 1 unspecified atom stereocenters. The minimum Gasteiger partial charge on any atom is -0.299 e. The van der Waals surface area contributed by atoms with Crippen LogP contribution in [0.2, 0.25) is 5.02 Å². The van der Waals surface area contributed by atoms with Crippen molar-refractivity contribution in [2.75, 3.05) is 17.6 Å². The fraction of sp³-hybridized carbons (Fsp3) is 0.438. The molecule has 0 aliphatic carbocycles. The van der Waals surface area contributed by atoms with Crippen LogP contribution >= 0.6 is 34.7 Å². The molecule has 0 radical (unpaired) electrons. The Morgan fingerprint density at radius 1 is 1.37 bits per heavy atom. The Kier molecular flexibility index (Phi) is 6.74. The minimum absolute atomic E-state index is 0.126. The van der Waals surface area contributed by atoms with Crippen LogP contribution in [0.1, 0.15) is 26.2 Å². The maximum atomic E-state index is 12.9. The lowest BCUT2D eigenvalue weighted by molar-refractivity contribution is -0.119. The van der Waals surface area contributed by atoms with Crippen molar-refractivity contribution in [3.05, 3.63) is 29.3 Å². The average Bonchev–Trinajstić information content (AvgIpc) is 3.30. The molecule has 3 rings (SSSR count). The summed E-state index contributed by atoms with van der Waals surface area (Å²) in [6, 6.07) is 5.19. The van der Waals surface area contributed by atoms with Gasteiger partial charge in [0.2, 0.25) is 21.1 Å². The van der Waals surface area contributed by atoms with E-state index in [0.29, 0.717) is 29.5 Å². The quantitative estimate of drug-likeness (QED) is 0.517. The Hall–Kier alpha value is -1.20. The van der Waals surface area contributed by atoms with E-state index >= 15 is 0 Å². The second kappa shape index (κ2) is 8.87. The molecular weight excluding hydrogens is 428 g/mol. The first-order chi connectivity index (χ1) is 12.9. The summed E-state index contributed by atoms with van der Waals surface area (Å²) in [6.07, 6.45) is 2.11. The smallest absolute Gasteiger partial charge is 0.244 e. The summed E-state index contributed by atoms with van der Waals surface area (Å²) in [5, 5.41) is 11.5. The van der Waals surface area contributed by atoms with E-state index in [1.165, 1.54) is 39.9 Å². The Bertz CT molecular complexity index is 902. The van der Waals surface area contributed by atoms with E-state index in [4.69, 9.17) is 11.6 Å². The van der Waals surface area contributed by atoms with E-state index in [1.54, 1.807) is 11.8 Å². The Morgan fingerprint density at radius 2 is 2.11 bits per heavy atom. The lowest BCUT2D eigenvalue weighted by atomic mass is 10.2. The third-order valence-electron chi connectivity index (χ3n) is 3.99. The predicted molar refractivity (Wildman–Crippen MR) is 108 cm³/mol. The van der Waals surface area contributed by atoms with Gasteiger partial charge in [-0.1, -0.05) is 41.6 Å². The van der Waals surface area contributed by atoms with Gasteiger partial charge in [0.25, 0.3) is 0 Å². The minimum atomic E-state index is -3.77. The van der Waals surface area contributed by atoms with Gasteiger partial charge >= 0.3 is 0 Å². The molecule has 1 aromatic heterocycles. The number of carbonyl (C=O) groups excluding carboxylic acids is 1. The van der Waals surface area contributed by atoms with Gasteiger partial charge in [-0.25, -0.2) is 8.42 Å². The third kappa shape index (κ3) is 4.80. The van der Waals surface area contributed by atoms with Crippen LogP contribution in [-0.4, -0.2) is 47.2 Å². The molecule has 2 aromatic rings. The molecule has 7 nitrogen and oxygen atoms in total. The SMILES string of the molecule is CCCSc1nnc(NC(=O)C2CCCN2S(=O)(=O)c2ccc(Cl)cc2)s1. The number of anilines is 1. The van der Waals surface area contributed by atoms with Gasteiger partial charge in [0.1, 0.15) is 6.04 Å². The number of benzene rings is 1. The van der Waals surface area contributed by atoms with E-state index in [9.17, 15) is 13.2 Å². The molecule has 0 saturated carbocycles. The highest BCUT2D eigenvalue weighted by atomic mass is 35.5. The Morgan fingerprint density at radius 3 is 2.81 bits per heavy atom. The lowest BCUT2D eigenvalue weighted by Crippen LogP contribution is -2.43. The molecule has 1 saturated heterocycles. The van der Waals surface area contributed by atoms with Crippen LogP contribution < -0.4 is 5.32 Å². The summed E-state index contributed by atoms with van der Waals surface area (Å²) in [7, 11) is -3.77. The Labute approximate surface area is 171 Å². The van der Waals surface area contributed by atoms with Crippen molar-refractivity contribution in [2.24, 2.45) is 0 Å². The molecule has 2 heterocycles. The number of hydrogen-bond donors (Lipinski definition) is 1. The van der Waals surface area contributed by atoms with Crippen molar-refractivity contribution in [3.8, 4) is 0 Å². The molecule has 146 valence electrons. The molecule has 1 aromatic carbocycles. The number of amides is 1. The molecule has 1 aliphatic heterocycles. The maximum absolute atomic E-state index is 12.9. The average molecular weight is 447 g/mol. The van der Waals surface area contributed by atoms with Crippen LogP contribution in [0.4, 0.5) is 5.13 Å². The van der Waals surface area contributed by atoms with Crippen molar-refractivity contribution in [2.45, 2.75) is 41.5 Å². The van der Waals surface area contributed by atoms with Crippen molar-refractivity contribution >= 4 is 55.8 Å². The number of halogens is 1. The second-order valence-electron chi connectivity index (χ2n) is 5.94. The van der Waals surface area contributed by atoms with Gasteiger partial charge in [0.15, 0.2) is 4.34 Å². The number of hydrogen-bond acceptors (Lipinski definition) is 7. The van der Waals surface area contributed by atoms with Gasteiger partial charge in [-0.15, -0.1) is 10.2 Å². The van der Waals surface area contributed by atoms with Crippen molar-refractivity contribution in [3.63, 3.8) is 0 Å². The number of nitrogens with one attached hydrogen (secondary N) is 1. The lowest BCUT2D eigenvalue weighted by Gasteiger charge is -2.23. The first-order valence-corrected chi connectivity index (χ1v) is 12.1. The van der Waals surface area contributed by atoms with Crippen molar-refractivity contribution in [1.29, 1.82) is 0 Å². The number of sulfonamides is 1. The Balaban J connectivity index is 1.72. The van der Waals surface area contributed by atoms with Gasteiger partial charge in [0, 0.05) is 17.3 Å². The summed E-state index contributed by atoms with van der Waals surface area (Å²) in [6.45, 7) is 2.38. The topological polar surface area (TPSA) is 92.3 Å². The first-order valence-electron chi connectivity index (χ1n) is 8.46. The molecule has 0 bridgehead atoms. The number of nitrogens with zero attached hydrogens (tertiary/aromatic N) is 3. The van der Waals surface area contributed by atoms with E-state index in [0.717, 1.165) is 16.5 Å². The van der Waals surface area contributed by atoms with Crippen LogP contribution in [0.15, 0.2) is 33.5 Å². The molecular formula is C16H19ClN4O3S3. The van der Waals surface area contributed by atoms with Crippen molar-refractivity contribution < 1.29 is 13.2 Å². The number of thioether (sulfide) groups is 1. The summed E-state index contributed by atoms with van der Waals surface area (Å²) >= 11 is 8.71. The normalized spacial score (nSPS) is 17.9. The van der Waals surface area contributed by atoms with Gasteiger partial charge < -0.3 is 0 Å². The van der Waals surface area contributed by atoms with E-state index in [2.05, 4.69) is 22.4 Å². The van der Waals surface area contributed by atoms with Crippen LogP contribution in [0.25, 0.3) is 0 Å². The van der Waals surface area contributed by atoms with Crippen LogP contribution in [0.3, 0.4) is 0 Å². The fourth-order valence-corrected chi connectivity index (χ4v) is 6.19. The standard InChI is InChI=1S/C16H19ClN4O3S3/c1-2-10-25-16-20-19-15(26-16)18-14(22)13-4-3-9-21(13)27(23,24)12-7-5-11(17)6-8-12/h5-8,13H,2-4,9-10H2,1H3,(H,18,19,22). The molecule has 1 fully saturated rings. The van der Waals surface area contributed by atoms with Crippen LogP contribution in [0, 0.1) is 0 Å². The zero-order valence-electron chi connectivity index (χ0n) is 14.6. The monoisotopic (exact) mass is 446 g/mol. The summed E-state index contributed by atoms with van der Waals surface area (Å²) in [5.74, 6) is 0.548. The molecule has 11 heteroatoms. The number of aromatic nitrogens is 2. The molecule has 0 spiro atoms. The summed E-state index contributed by atoms with van der Waals surface area (Å²) in [5.41, 5.74) is 0. The highest BCUT2D eigenvalue weighted by Gasteiger charge is 2.39. The van der Waals surface area contributed by atoms with Crippen LogP contribution in [0.5, 0.6) is 0 Å². The fourth-order valence-electron chi connectivity index (χ4n) is 2.73. The maximum Gasteiger partial charge on any atom is 0.244 e. The van der Waals surface area contributed by atoms with Gasteiger partial charge in [-0.05, 0) is 43.5 Å². The third-order valence-corrected chi connectivity index (χ3v) is 8.35. The molecule has 1 aliphatic rings. The predicted octanol–water partition coefficient (Wildman–Crippen LogP) is 3.49. The van der Waals surface area contributed by atoms with Gasteiger partial charge in [-0.2, -0.15) is 4.31 Å². The first kappa shape index (κ1) is 20.5. The van der Waals surface area contributed by atoms with Crippen molar-refractivity contribution in [1.82, 2.24) is 14.5 Å². The van der Waals surface area contributed by atoms with E-state index in [-0.39, 0.29) is 10.8 Å². The van der Waals surface area contributed by atoms with E-state index in [1.807, 2.05) is 0 Å². The largest absolute Gasteiger partial charge is 0.299 e. The number of carbonyl (C=O) groups is 1. The molecule has 1 amide bonds. The highest BCUT2D eigenvalue weighted by molar-refractivity contribution is 8.01. The molecule has 1 atom stereocenters. The van der Waals surface area contributed by atoms with Crippen LogP contribution in [-0.2, 0) is 14.8 Å². The highest BCUT2D eigenvalue weighted by Crippen LogP contribution is 2.29. The second-order valence-corrected chi connectivity index (χ2v) is 10.6. The molecule has 1 N–H and O–H groups in total. The zero-order valence-corrected chi connectivity index (χ0v) is 17.8. The molecule has 27 heavy (non-hydrogen) atoms. The van der Waals surface area contributed by atoms with Gasteiger partial charge in [0.05, 0.1) is 4.90 Å². The van der Waals surface area contributed by atoms with E-state index < -0.39 is 16.1 Å². The summed E-state index contributed by atoms with van der Waals surface area (Å²) < 4.78 is 27.9.